The SMILES string of the molecule is O=C(O)C[C@H](O)C(=O)OC(=O)CC(O)C(=O)OC(=O)[C@@H](O)CC(=O)O.[KH].[KH]. The summed E-state index contributed by atoms with van der Waals surface area (Å²) in [7, 11) is 0. The predicted octanol–water partition coefficient (Wildman–Crippen LogP) is -4.75. The van der Waals surface area contributed by atoms with Gasteiger partial charge in [-0.05, 0) is 0 Å². The van der Waals surface area contributed by atoms with Crippen molar-refractivity contribution in [3.8, 4) is 0 Å². The van der Waals surface area contributed by atoms with Crippen LogP contribution in [0.25, 0.3) is 0 Å². The molecule has 0 saturated carbocycles. The number of hydrogen-bond acceptors (Lipinski definition) is 11. The first-order valence-corrected chi connectivity index (χ1v) is 6.41. The molecule has 0 fully saturated rings. The number of carboxylic acid groups (broad SMARTS) is 2. The van der Waals surface area contributed by atoms with E-state index in [0.29, 0.717) is 0 Å². The molecule has 0 aromatic rings. The molecule has 0 saturated heterocycles. The van der Waals surface area contributed by atoms with Gasteiger partial charge in [0.05, 0.1) is 19.3 Å². The summed E-state index contributed by atoms with van der Waals surface area (Å²) in [5, 5.41) is 44.1. The average Bonchev–Trinajstić information content (AvgIpc) is 2.45. The predicted molar refractivity (Wildman–Crippen MR) is 83.6 cm³/mol. The minimum absolute atomic E-state index is 0. The fourth-order valence-electron chi connectivity index (χ4n) is 1.20. The number of aliphatic hydroxyl groups excluding tert-OH is 3. The van der Waals surface area contributed by atoms with E-state index in [1.54, 1.807) is 0 Å². The third-order valence-electron chi connectivity index (χ3n) is 2.33. The van der Waals surface area contributed by atoms with E-state index < -0.39 is 73.4 Å². The maximum atomic E-state index is 11.3. The Morgan fingerprint density at radius 1 is 0.593 bits per heavy atom. The zero-order chi connectivity index (χ0) is 19.7. The first-order chi connectivity index (χ1) is 11.4. The summed E-state index contributed by atoms with van der Waals surface area (Å²) < 4.78 is 7.89. The minimum atomic E-state index is -2.31. The van der Waals surface area contributed by atoms with E-state index in [1.807, 2.05) is 0 Å². The molecule has 0 amide bonds. The molecule has 0 heterocycles. The zero-order valence-corrected chi connectivity index (χ0v) is 12.4. The Hall–Kier alpha value is 0.373. The van der Waals surface area contributed by atoms with Crippen LogP contribution < -0.4 is 0 Å². The molecule has 0 aliphatic carbocycles. The Balaban J connectivity index is -0.00000288. The normalized spacial score (nSPS) is 12.9. The Bertz CT molecular complexity index is 576. The van der Waals surface area contributed by atoms with E-state index in [0.717, 1.165) is 0 Å². The number of carbonyl (C=O) groups is 6. The van der Waals surface area contributed by atoms with E-state index in [9.17, 15) is 33.9 Å². The van der Waals surface area contributed by atoms with Gasteiger partial charge in [0.25, 0.3) is 0 Å². The molecule has 0 radical (unpaired) electrons. The summed E-state index contributed by atoms with van der Waals surface area (Å²) in [6, 6.07) is 0. The molecule has 3 atom stereocenters. The van der Waals surface area contributed by atoms with Crippen molar-refractivity contribution in [2.75, 3.05) is 0 Å². The quantitative estimate of drug-likeness (QED) is 0.128. The van der Waals surface area contributed by atoms with Gasteiger partial charge in [-0.2, -0.15) is 0 Å². The van der Waals surface area contributed by atoms with Crippen molar-refractivity contribution in [1.82, 2.24) is 0 Å². The van der Waals surface area contributed by atoms with Crippen molar-refractivity contribution in [2.24, 2.45) is 0 Å². The molecule has 0 aliphatic heterocycles. The standard InChI is InChI=1S/C12H14O13.2K.2H/c13-4(1-7(16)17)10(21)24-9(20)3-6(15)12(23)25-11(22)5(14)2-8(18)19;;;;/h4-6,13-15H,1-3H2,(H,16,17)(H,18,19);;;;/t4-,5-,6?;;;;/m0..../s1. The van der Waals surface area contributed by atoms with Gasteiger partial charge in [0.2, 0.25) is 0 Å². The van der Waals surface area contributed by atoms with Gasteiger partial charge in [-0.1, -0.05) is 0 Å². The molecule has 27 heavy (non-hydrogen) atoms. The molecule has 15 heteroatoms. The summed E-state index contributed by atoms with van der Waals surface area (Å²) in [4.78, 5) is 65.3. The van der Waals surface area contributed by atoms with Crippen molar-refractivity contribution in [1.29, 1.82) is 0 Å². The number of aliphatic hydroxyl groups is 3. The summed E-state index contributed by atoms with van der Waals surface area (Å²) in [6.45, 7) is 0. The Labute approximate surface area is 236 Å². The van der Waals surface area contributed by atoms with Crippen LogP contribution in [0.3, 0.4) is 0 Å². The van der Waals surface area contributed by atoms with Crippen LogP contribution >= 0.6 is 0 Å². The second kappa shape index (κ2) is 16.2. The van der Waals surface area contributed by atoms with Gasteiger partial charge in [0.15, 0.2) is 18.3 Å². The van der Waals surface area contributed by atoms with Crippen LogP contribution in [0.1, 0.15) is 19.3 Å². The number of esters is 4. The topological polar surface area (TPSA) is 222 Å². The second-order valence-electron chi connectivity index (χ2n) is 4.48. The summed E-state index contributed by atoms with van der Waals surface area (Å²) in [6.07, 6.45) is -9.97. The van der Waals surface area contributed by atoms with Gasteiger partial charge in [-0.15, -0.1) is 0 Å². The van der Waals surface area contributed by atoms with Gasteiger partial charge < -0.3 is 35.0 Å². The molecular weight excluding hydrogens is 430 g/mol. The molecule has 0 spiro atoms. The number of carbonyl (C=O) groups excluding carboxylic acids is 4. The molecule has 0 rings (SSSR count). The first-order valence-electron chi connectivity index (χ1n) is 6.41. The van der Waals surface area contributed by atoms with Crippen molar-refractivity contribution in [2.45, 2.75) is 37.6 Å². The number of aliphatic carboxylic acids is 2. The Morgan fingerprint density at radius 2 is 0.889 bits per heavy atom. The molecule has 0 bridgehead atoms. The Kier molecular flexibility index (Phi) is 19.2. The van der Waals surface area contributed by atoms with E-state index in [-0.39, 0.29) is 103 Å². The molecule has 0 aromatic heterocycles. The summed E-state index contributed by atoms with van der Waals surface area (Å²) >= 11 is 0. The fraction of sp³-hybridized carbons (Fsp3) is 0.500. The van der Waals surface area contributed by atoms with Crippen LogP contribution in [-0.4, -0.2) is 182 Å². The van der Waals surface area contributed by atoms with Gasteiger partial charge in [-0.25, -0.2) is 14.4 Å². The van der Waals surface area contributed by atoms with Gasteiger partial charge in [0.1, 0.15) is 0 Å². The molecule has 13 nitrogen and oxygen atoms in total. The Morgan fingerprint density at radius 3 is 1.22 bits per heavy atom. The number of hydrogen-bond donors (Lipinski definition) is 5. The van der Waals surface area contributed by atoms with E-state index >= 15 is 0 Å². The molecule has 1 unspecified atom stereocenters. The van der Waals surface area contributed by atoms with Gasteiger partial charge in [0, 0.05) is 0 Å². The van der Waals surface area contributed by atoms with Crippen LogP contribution in [0.2, 0.25) is 0 Å². The van der Waals surface area contributed by atoms with Crippen molar-refractivity contribution in [3.63, 3.8) is 0 Å². The van der Waals surface area contributed by atoms with Crippen molar-refractivity contribution < 1.29 is 63.8 Å². The third-order valence-corrected chi connectivity index (χ3v) is 2.33. The number of carboxylic acids is 2. The van der Waals surface area contributed by atoms with Crippen LogP contribution in [0.4, 0.5) is 0 Å². The summed E-state index contributed by atoms with van der Waals surface area (Å²) in [5.41, 5.74) is 0. The number of rotatable bonds is 9. The third kappa shape index (κ3) is 14.9. The monoisotopic (exact) mass is 446 g/mol. The summed E-state index contributed by atoms with van der Waals surface area (Å²) in [5.74, 6) is -9.73. The van der Waals surface area contributed by atoms with Gasteiger partial charge in [-0.3, -0.25) is 14.4 Å². The zero-order valence-electron chi connectivity index (χ0n) is 12.4. The first kappa shape index (κ1) is 32.0. The van der Waals surface area contributed by atoms with Crippen LogP contribution in [0.5, 0.6) is 0 Å². The molecular formula is C12H16K2O13. The van der Waals surface area contributed by atoms with Crippen LogP contribution in [0, 0.1) is 0 Å². The number of ether oxygens (including phenoxy) is 2. The second-order valence-corrected chi connectivity index (χ2v) is 4.48. The molecule has 0 aliphatic rings. The van der Waals surface area contributed by atoms with Crippen LogP contribution in [-0.2, 0) is 38.2 Å². The van der Waals surface area contributed by atoms with E-state index in [2.05, 4.69) is 9.47 Å². The van der Waals surface area contributed by atoms with Crippen molar-refractivity contribution >= 4 is 139 Å². The fourth-order valence-corrected chi connectivity index (χ4v) is 1.20. The van der Waals surface area contributed by atoms with E-state index in [4.69, 9.17) is 20.4 Å². The van der Waals surface area contributed by atoms with Crippen LogP contribution in [0.15, 0.2) is 0 Å². The maximum absolute atomic E-state index is 11.3. The van der Waals surface area contributed by atoms with Crippen molar-refractivity contribution in [3.05, 3.63) is 0 Å². The van der Waals surface area contributed by atoms with E-state index in [1.165, 1.54) is 0 Å². The molecule has 0 aromatic carbocycles. The molecule has 5 N–H and O–H groups in total. The van der Waals surface area contributed by atoms with Gasteiger partial charge >= 0.3 is 139 Å². The molecule has 144 valence electrons. The average molecular weight is 446 g/mol.